The first kappa shape index (κ1) is 30.1. The highest BCUT2D eigenvalue weighted by molar-refractivity contribution is 5.79. The van der Waals surface area contributed by atoms with Crippen molar-refractivity contribution >= 4 is 17.3 Å². The smallest absolute Gasteiger partial charge is 0.0419 e. The summed E-state index contributed by atoms with van der Waals surface area (Å²) < 4.78 is 0. The van der Waals surface area contributed by atoms with Gasteiger partial charge in [0.2, 0.25) is 0 Å². The molecule has 43 heavy (non-hydrogen) atoms. The molecule has 0 bridgehead atoms. The summed E-state index contributed by atoms with van der Waals surface area (Å²) in [5.41, 5.74) is 13.0. The van der Waals surface area contributed by atoms with Crippen LogP contribution in [-0.2, 0) is 6.42 Å². The first-order chi connectivity index (χ1) is 20.9. The first-order valence-electron chi connectivity index (χ1n) is 15.7. The van der Waals surface area contributed by atoms with Crippen molar-refractivity contribution in [1.29, 1.82) is 0 Å². The Morgan fingerprint density at radius 3 is 2.56 bits per heavy atom. The van der Waals surface area contributed by atoms with Crippen LogP contribution in [-0.4, -0.2) is 6.04 Å². The summed E-state index contributed by atoms with van der Waals surface area (Å²) in [6, 6.07) is 24.6. The minimum atomic E-state index is 0.170. The van der Waals surface area contributed by atoms with Crippen molar-refractivity contribution in [3.05, 3.63) is 161 Å². The Bertz CT molecular complexity index is 1630. The Labute approximate surface area is 259 Å². The lowest BCUT2D eigenvalue weighted by Gasteiger charge is -2.22. The Morgan fingerprint density at radius 2 is 1.77 bits per heavy atom. The van der Waals surface area contributed by atoms with Gasteiger partial charge in [0.15, 0.2) is 0 Å². The maximum atomic E-state index is 3.80. The van der Waals surface area contributed by atoms with Gasteiger partial charge in [-0.2, -0.15) is 0 Å². The van der Waals surface area contributed by atoms with Crippen molar-refractivity contribution in [3.8, 4) is 11.1 Å². The van der Waals surface area contributed by atoms with Crippen molar-refractivity contribution in [1.82, 2.24) is 0 Å². The number of anilines is 1. The second kappa shape index (κ2) is 14.2. The molecule has 1 nitrogen and oxygen atoms in total. The topological polar surface area (TPSA) is 12.0 Å². The number of nitrogens with one attached hydrogen (secondary N) is 1. The van der Waals surface area contributed by atoms with Crippen molar-refractivity contribution in [3.63, 3.8) is 0 Å². The summed E-state index contributed by atoms with van der Waals surface area (Å²) >= 11 is 0. The van der Waals surface area contributed by atoms with E-state index < -0.39 is 0 Å². The first-order valence-corrected chi connectivity index (χ1v) is 15.7. The number of allylic oxidation sites excluding steroid dienone is 12. The van der Waals surface area contributed by atoms with E-state index in [1.54, 1.807) is 0 Å². The van der Waals surface area contributed by atoms with Gasteiger partial charge in [0, 0.05) is 18.2 Å². The molecule has 0 aliphatic heterocycles. The van der Waals surface area contributed by atoms with Crippen LogP contribution in [0.25, 0.3) is 22.8 Å². The Kier molecular flexibility index (Phi) is 9.95. The summed E-state index contributed by atoms with van der Waals surface area (Å²) in [6.07, 6.45) is 26.8. The highest BCUT2D eigenvalue weighted by Crippen LogP contribution is 2.33. The zero-order valence-corrected chi connectivity index (χ0v) is 26.3. The van der Waals surface area contributed by atoms with Crippen LogP contribution in [0.15, 0.2) is 139 Å². The number of fused-ring (bicyclic) bond motifs is 1. The molecular weight excluding hydrogens is 518 g/mol. The van der Waals surface area contributed by atoms with Gasteiger partial charge < -0.3 is 5.32 Å². The van der Waals surface area contributed by atoms with Crippen LogP contribution in [0.3, 0.4) is 0 Å². The highest BCUT2D eigenvalue weighted by Gasteiger charge is 2.17. The van der Waals surface area contributed by atoms with E-state index in [0.29, 0.717) is 11.8 Å². The fourth-order valence-electron chi connectivity index (χ4n) is 6.07. The van der Waals surface area contributed by atoms with Gasteiger partial charge >= 0.3 is 0 Å². The molecule has 3 unspecified atom stereocenters. The number of hydrogen-bond donors (Lipinski definition) is 1. The van der Waals surface area contributed by atoms with E-state index >= 15 is 0 Å². The summed E-state index contributed by atoms with van der Waals surface area (Å²) in [5, 5.41) is 3.80. The van der Waals surface area contributed by atoms with Crippen LogP contribution >= 0.6 is 0 Å². The van der Waals surface area contributed by atoms with E-state index in [2.05, 4.69) is 167 Å². The molecule has 0 aromatic heterocycles. The van der Waals surface area contributed by atoms with Crippen LogP contribution in [0.1, 0.15) is 56.4 Å². The number of benzene rings is 3. The molecule has 1 N–H and O–H groups in total. The van der Waals surface area contributed by atoms with Gasteiger partial charge in [-0.15, -0.1) is 0 Å². The normalized spacial score (nSPS) is 18.3. The van der Waals surface area contributed by atoms with Crippen LogP contribution in [0.5, 0.6) is 0 Å². The molecule has 2 aliphatic carbocycles. The molecule has 1 heteroatoms. The van der Waals surface area contributed by atoms with Gasteiger partial charge in [-0.05, 0) is 90.1 Å². The van der Waals surface area contributed by atoms with Gasteiger partial charge in [-0.25, -0.2) is 0 Å². The van der Waals surface area contributed by atoms with Gasteiger partial charge in [0.1, 0.15) is 0 Å². The Morgan fingerprint density at radius 1 is 0.953 bits per heavy atom. The molecule has 0 heterocycles. The average molecular weight is 564 g/mol. The largest absolute Gasteiger partial charge is 0.379 e. The molecule has 0 saturated carbocycles. The summed E-state index contributed by atoms with van der Waals surface area (Å²) in [4.78, 5) is 0. The van der Waals surface area contributed by atoms with Crippen molar-refractivity contribution in [2.45, 2.75) is 53.5 Å². The van der Waals surface area contributed by atoms with Gasteiger partial charge in [-0.3, -0.25) is 0 Å². The summed E-state index contributed by atoms with van der Waals surface area (Å²) in [6.45, 7) is 11.1. The van der Waals surface area contributed by atoms with Gasteiger partial charge in [0.05, 0.1) is 0 Å². The highest BCUT2D eigenvalue weighted by atomic mass is 14.9. The quantitative estimate of drug-likeness (QED) is 0.242. The third-order valence-corrected chi connectivity index (χ3v) is 8.52. The van der Waals surface area contributed by atoms with E-state index in [1.807, 2.05) is 6.92 Å². The molecule has 5 rings (SSSR count). The second-order valence-corrected chi connectivity index (χ2v) is 12.0. The predicted molar refractivity (Wildman–Crippen MR) is 189 cm³/mol. The van der Waals surface area contributed by atoms with Crippen LogP contribution in [0.2, 0.25) is 0 Å². The standard InChI is InChI=1S/C42H45N/c1-6-7-8-14-34-27-39-17-12-19-42(41(39)28-34)43-33(5)22-25-38(26-32(4)40-18-10-9-13-31(40)3)37-16-11-15-36(29-37)35-23-20-30(2)21-24-35/h6-12,14-27,29,31-33,43H,13,28H2,1-5H3/b7-6-,14-8-,25-22-,38-26+. The average Bonchev–Trinajstić information content (AvgIpc) is 3.44. The fourth-order valence-corrected chi connectivity index (χ4v) is 6.07. The summed E-state index contributed by atoms with van der Waals surface area (Å²) in [5.74, 6) is 0.913. The minimum absolute atomic E-state index is 0.170. The lowest BCUT2D eigenvalue weighted by atomic mass is 9.83. The maximum Gasteiger partial charge on any atom is 0.0419 e. The van der Waals surface area contributed by atoms with E-state index in [9.17, 15) is 0 Å². The van der Waals surface area contributed by atoms with E-state index in [4.69, 9.17) is 0 Å². The van der Waals surface area contributed by atoms with Crippen molar-refractivity contribution in [2.24, 2.45) is 11.8 Å². The SMILES string of the molecule is C/C=C\C=C/C1=Cc2cccc(NC(C)/C=C\C(=C/C(C)C3=CC=CCC3C)c3cccc(-c4ccc(C)cc4)c3)c2C1. The Balaban J connectivity index is 1.41. The Hall–Kier alpha value is -4.36. The maximum absolute atomic E-state index is 3.80. The van der Waals surface area contributed by atoms with Crippen molar-refractivity contribution < 1.29 is 0 Å². The second-order valence-electron chi connectivity index (χ2n) is 12.0. The third-order valence-electron chi connectivity index (χ3n) is 8.52. The molecule has 0 amide bonds. The monoisotopic (exact) mass is 563 g/mol. The number of rotatable bonds is 10. The van der Waals surface area contributed by atoms with Crippen LogP contribution < -0.4 is 5.32 Å². The molecule has 2 aliphatic rings. The molecule has 3 atom stereocenters. The zero-order chi connectivity index (χ0) is 30.2. The van der Waals surface area contributed by atoms with Gasteiger partial charge in [-0.1, -0.05) is 146 Å². The zero-order valence-electron chi connectivity index (χ0n) is 26.3. The fraction of sp³-hybridized carbons (Fsp3) is 0.238. The number of aryl methyl sites for hydroxylation is 1. The molecule has 3 aromatic carbocycles. The molecule has 218 valence electrons. The van der Waals surface area contributed by atoms with Crippen molar-refractivity contribution in [2.75, 3.05) is 5.32 Å². The molecule has 0 radical (unpaired) electrons. The lowest BCUT2D eigenvalue weighted by Crippen LogP contribution is -2.13. The molecule has 0 fully saturated rings. The minimum Gasteiger partial charge on any atom is -0.379 e. The summed E-state index contributed by atoms with van der Waals surface area (Å²) in [7, 11) is 0. The van der Waals surface area contributed by atoms with Crippen LogP contribution in [0, 0.1) is 18.8 Å². The molecular formula is C42H45N. The van der Waals surface area contributed by atoms with E-state index in [-0.39, 0.29) is 6.04 Å². The van der Waals surface area contributed by atoms with E-state index in [0.717, 1.165) is 12.8 Å². The molecule has 0 spiro atoms. The lowest BCUT2D eigenvalue weighted by molar-refractivity contribution is 0.613. The molecule has 3 aromatic rings. The van der Waals surface area contributed by atoms with Gasteiger partial charge in [0.25, 0.3) is 0 Å². The molecule has 0 saturated heterocycles. The van der Waals surface area contributed by atoms with E-state index in [1.165, 1.54) is 55.8 Å². The third kappa shape index (κ3) is 7.73. The van der Waals surface area contributed by atoms with Crippen LogP contribution in [0.4, 0.5) is 5.69 Å². The number of hydrogen-bond acceptors (Lipinski definition) is 1. The predicted octanol–water partition coefficient (Wildman–Crippen LogP) is 11.3.